The molecule has 2 N–H and O–H groups in total. The largest absolute Gasteiger partial charge is 0.373 e. The summed E-state index contributed by atoms with van der Waals surface area (Å²) in [6, 6.07) is 2.28. The van der Waals surface area contributed by atoms with E-state index in [9.17, 15) is 0 Å². The van der Waals surface area contributed by atoms with Crippen LogP contribution in [0.5, 0.6) is 0 Å². The highest BCUT2D eigenvalue weighted by Gasteiger charge is 2.41. The molecule has 0 spiro atoms. The van der Waals surface area contributed by atoms with Gasteiger partial charge in [-0.05, 0) is 38.3 Å². The van der Waals surface area contributed by atoms with Crippen molar-refractivity contribution < 1.29 is 4.74 Å². The van der Waals surface area contributed by atoms with Crippen molar-refractivity contribution in [1.82, 2.24) is 25.5 Å². The van der Waals surface area contributed by atoms with Crippen LogP contribution < -0.4 is 15.5 Å². The van der Waals surface area contributed by atoms with E-state index >= 15 is 0 Å². The third-order valence-electron chi connectivity index (χ3n) is 5.80. The average molecular weight is 374 g/mol. The van der Waals surface area contributed by atoms with Crippen molar-refractivity contribution in [3.63, 3.8) is 0 Å². The van der Waals surface area contributed by atoms with Crippen LogP contribution in [0.15, 0.2) is 23.5 Å². The molecule has 4 rings (SSSR count). The standard InChI is InChI=1S/C19H31N7O/c1-20-18(24-16-14-15-4-5-17(16)27-15)21-8-3-9-25-10-12-26(13-11-25)19-22-6-2-7-23-19/h2,6-7,15-17H,3-5,8-14H2,1H3,(H2,20,21,24). The van der Waals surface area contributed by atoms with E-state index in [-0.39, 0.29) is 0 Å². The Bertz CT molecular complexity index is 618. The molecule has 8 nitrogen and oxygen atoms in total. The number of fused-ring (bicyclic) bond motifs is 2. The van der Waals surface area contributed by atoms with Crippen molar-refractivity contribution in [1.29, 1.82) is 0 Å². The number of piperazine rings is 1. The number of aromatic nitrogens is 2. The Kier molecular flexibility index (Phi) is 6.03. The van der Waals surface area contributed by atoms with Crippen molar-refractivity contribution in [2.75, 3.05) is 51.2 Å². The molecule has 1 aromatic rings. The van der Waals surface area contributed by atoms with Crippen molar-refractivity contribution >= 4 is 11.9 Å². The first-order chi connectivity index (χ1) is 13.3. The lowest BCUT2D eigenvalue weighted by molar-refractivity contribution is 0.0992. The zero-order valence-corrected chi connectivity index (χ0v) is 16.2. The molecular formula is C19H31N7O. The highest BCUT2D eigenvalue weighted by atomic mass is 16.5. The maximum atomic E-state index is 5.91. The smallest absolute Gasteiger partial charge is 0.225 e. The fraction of sp³-hybridized carbons (Fsp3) is 0.737. The van der Waals surface area contributed by atoms with Crippen LogP contribution in [0.3, 0.4) is 0 Å². The van der Waals surface area contributed by atoms with Gasteiger partial charge in [0.1, 0.15) is 0 Å². The minimum absolute atomic E-state index is 0.374. The molecule has 148 valence electrons. The van der Waals surface area contributed by atoms with E-state index in [4.69, 9.17) is 4.74 Å². The van der Waals surface area contributed by atoms with E-state index in [1.54, 1.807) is 0 Å². The van der Waals surface area contributed by atoms with Crippen LogP contribution in [-0.2, 0) is 4.74 Å². The topological polar surface area (TPSA) is 77.9 Å². The lowest BCUT2D eigenvalue weighted by Crippen LogP contribution is -2.49. The molecule has 0 aliphatic carbocycles. The summed E-state index contributed by atoms with van der Waals surface area (Å²) in [7, 11) is 1.84. The maximum absolute atomic E-state index is 5.91. The SMILES string of the molecule is CN=C(NCCCN1CCN(c2ncccn2)CC1)NC1CC2CCC1O2. The fourth-order valence-electron chi connectivity index (χ4n) is 4.30. The van der Waals surface area contributed by atoms with Crippen molar-refractivity contribution in [2.45, 2.75) is 43.9 Å². The summed E-state index contributed by atoms with van der Waals surface area (Å²) in [4.78, 5) is 17.8. The second-order valence-electron chi connectivity index (χ2n) is 7.59. The van der Waals surface area contributed by atoms with E-state index in [0.717, 1.165) is 64.0 Å². The number of guanidine groups is 1. The number of aliphatic imine (C=N–C) groups is 1. The molecule has 1 aromatic heterocycles. The van der Waals surface area contributed by atoms with Crippen LogP contribution in [0.2, 0.25) is 0 Å². The Hall–Kier alpha value is -1.93. The number of anilines is 1. The zero-order chi connectivity index (χ0) is 18.5. The van der Waals surface area contributed by atoms with E-state index in [1.807, 2.05) is 25.5 Å². The predicted molar refractivity (Wildman–Crippen MR) is 106 cm³/mol. The summed E-state index contributed by atoms with van der Waals surface area (Å²) in [6.07, 6.45) is 9.08. The molecule has 27 heavy (non-hydrogen) atoms. The third-order valence-corrected chi connectivity index (χ3v) is 5.80. The first-order valence-electron chi connectivity index (χ1n) is 10.2. The number of ether oxygens (including phenoxy) is 1. The number of hydrogen-bond acceptors (Lipinski definition) is 6. The number of rotatable bonds is 6. The molecule has 2 bridgehead atoms. The van der Waals surface area contributed by atoms with Gasteiger partial charge in [0.2, 0.25) is 5.95 Å². The van der Waals surface area contributed by atoms with Crippen molar-refractivity contribution in [2.24, 2.45) is 4.99 Å². The van der Waals surface area contributed by atoms with Crippen LogP contribution in [0.4, 0.5) is 5.95 Å². The molecule has 3 atom stereocenters. The van der Waals surface area contributed by atoms with Gasteiger partial charge >= 0.3 is 0 Å². The monoisotopic (exact) mass is 373 g/mol. The zero-order valence-electron chi connectivity index (χ0n) is 16.2. The number of hydrogen-bond donors (Lipinski definition) is 2. The molecule has 0 amide bonds. The lowest BCUT2D eigenvalue weighted by atomic mass is 9.96. The van der Waals surface area contributed by atoms with Gasteiger partial charge in [-0.3, -0.25) is 9.89 Å². The highest BCUT2D eigenvalue weighted by Crippen LogP contribution is 2.34. The van der Waals surface area contributed by atoms with Gasteiger partial charge in [-0.1, -0.05) is 0 Å². The summed E-state index contributed by atoms with van der Waals surface area (Å²) < 4.78 is 5.91. The van der Waals surface area contributed by atoms with Gasteiger partial charge < -0.3 is 20.3 Å². The summed E-state index contributed by atoms with van der Waals surface area (Å²) in [5.74, 6) is 1.75. The van der Waals surface area contributed by atoms with E-state index in [2.05, 4.69) is 35.4 Å². The Labute approximate surface area is 161 Å². The molecule has 0 aromatic carbocycles. The molecule has 3 saturated heterocycles. The minimum Gasteiger partial charge on any atom is -0.373 e. The Morgan fingerprint density at radius 2 is 2.04 bits per heavy atom. The van der Waals surface area contributed by atoms with Gasteiger partial charge in [0.05, 0.1) is 18.2 Å². The quantitative estimate of drug-likeness (QED) is 0.426. The summed E-state index contributed by atoms with van der Waals surface area (Å²) in [6.45, 7) is 6.14. The van der Waals surface area contributed by atoms with Gasteiger partial charge in [-0.25, -0.2) is 9.97 Å². The van der Waals surface area contributed by atoms with Gasteiger partial charge in [0.25, 0.3) is 0 Å². The molecule has 3 aliphatic rings. The molecule has 3 aliphatic heterocycles. The minimum atomic E-state index is 0.374. The molecule has 8 heteroatoms. The lowest BCUT2D eigenvalue weighted by Gasteiger charge is -2.34. The van der Waals surface area contributed by atoms with Crippen LogP contribution in [0, 0.1) is 0 Å². The van der Waals surface area contributed by atoms with Crippen LogP contribution in [0.25, 0.3) is 0 Å². The van der Waals surface area contributed by atoms with Gasteiger partial charge in [-0.2, -0.15) is 0 Å². The van der Waals surface area contributed by atoms with Crippen molar-refractivity contribution in [3.05, 3.63) is 18.5 Å². The first kappa shape index (κ1) is 18.4. The summed E-state index contributed by atoms with van der Waals surface area (Å²) >= 11 is 0. The third kappa shape index (κ3) is 4.68. The van der Waals surface area contributed by atoms with Gasteiger partial charge in [-0.15, -0.1) is 0 Å². The molecular weight excluding hydrogens is 342 g/mol. The molecule has 0 radical (unpaired) electrons. The van der Waals surface area contributed by atoms with Crippen LogP contribution in [-0.4, -0.2) is 85.4 Å². The molecule has 3 unspecified atom stereocenters. The second-order valence-corrected chi connectivity index (χ2v) is 7.59. The Morgan fingerprint density at radius 1 is 1.22 bits per heavy atom. The molecule has 3 fully saturated rings. The van der Waals surface area contributed by atoms with E-state index < -0.39 is 0 Å². The number of nitrogens with one attached hydrogen (secondary N) is 2. The van der Waals surface area contributed by atoms with E-state index in [0.29, 0.717) is 18.2 Å². The first-order valence-corrected chi connectivity index (χ1v) is 10.2. The predicted octanol–water partition coefficient (Wildman–Crippen LogP) is 0.474. The van der Waals surface area contributed by atoms with Crippen molar-refractivity contribution in [3.8, 4) is 0 Å². The van der Waals surface area contributed by atoms with E-state index in [1.165, 1.54) is 12.8 Å². The fourth-order valence-corrected chi connectivity index (χ4v) is 4.30. The Morgan fingerprint density at radius 3 is 2.70 bits per heavy atom. The van der Waals surface area contributed by atoms with Crippen LogP contribution >= 0.6 is 0 Å². The second kappa shape index (κ2) is 8.84. The average Bonchev–Trinajstić information content (AvgIpc) is 3.34. The van der Waals surface area contributed by atoms with Crippen LogP contribution in [0.1, 0.15) is 25.7 Å². The summed E-state index contributed by atoms with van der Waals surface area (Å²) in [5.41, 5.74) is 0. The van der Waals surface area contributed by atoms with Gasteiger partial charge in [0, 0.05) is 52.2 Å². The van der Waals surface area contributed by atoms with Gasteiger partial charge in [0.15, 0.2) is 5.96 Å². The maximum Gasteiger partial charge on any atom is 0.225 e. The molecule has 0 saturated carbocycles. The number of nitrogens with zero attached hydrogens (tertiary/aromatic N) is 5. The Balaban J connectivity index is 1.11. The normalized spacial score (nSPS) is 28.6. The summed E-state index contributed by atoms with van der Waals surface area (Å²) in [5, 5.41) is 7.00. The highest BCUT2D eigenvalue weighted by molar-refractivity contribution is 5.80. The molecule has 4 heterocycles.